The van der Waals surface area contributed by atoms with Crippen LogP contribution in [0.25, 0.3) is 0 Å². The van der Waals surface area contributed by atoms with Gasteiger partial charge in [-0.25, -0.2) is 0 Å². The Hall–Kier alpha value is -0.250. The van der Waals surface area contributed by atoms with Crippen molar-refractivity contribution in [2.45, 2.75) is 97.9 Å². The lowest BCUT2D eigenvalue weighted by Gasteiger charge is -2.33. The van der Waals surface area contributed by atoms with Gasteiger partial charge in [-0.15, -0.1) is 0 Å². The fraction of sp³-hybridized carbons (Fsp3) is 1.00. The van der Waals surface area contributed by atoms with E-state index in [9.17, 15) is 13.2 Å². The SMILES string of the molecule is CC(C)(C)CC1CCC(CC(C)(C)CC2(C(F)(F)F)CC2)O1. The molecule has 22 heavy (non-hydrogen) atoms. The third-order valence-corrected chi connectivity index (χ3v) is 5.09. The number of rotatable bonds is 5. The number of halogens is 3. The Bertz CT molecular complexity index is 388. The van der Waals surface area contributed by atoms with Gasteiger partial charge in [0.05, 0.1) is 17.6 Å². The van der Waals surface area contributed by atoms with E-state index < -0.39 is 11.6 Å². The van der Waals surface area contributed by atoms with Crippen LogP contribution in [0.4, 0.5) is 13.2 Å². The number of alkyl halides is 3. The molecule has 0 aromatic rings. The van der Waals surface area contributed by atoms with Gasteiger partial charge in [-0.05, 0) is 55.8 Å². The van der Waals surface area contributed by atoms with E-state index in [0.717, 1.165) is 25.7 Å². The molecule has 0 amide bonds. The molecule has 0 aromatic carbocycles. The van der Waals surface area contributed by atoms with Crippen LogP contribution in [-0.4, -0.2) is 18.4 Å². The molecule has 1 saturated heterocycles. The summed E-state index contributed by atoms with van der Waals surface area (Å²) < 4.78 is 45.6. The van der Waals surface area contributed by atoms with E-state index >= 15 is 0 Å². The summed E-state index contributed by atoms with van der Waals surface area (Å²) >= 11 is 0. The highest BCUT2D eigenvalue weighted by Crippen LogP contribution is 2.63. The van der Waals surface area contributed by atoms with Gasteiger partial charge >= 0.3 is 6.18 Å². The molecule has 2 atom stereocenters. The molecule has 0 spiro atoms. The summed E-state index contributed by atoms with van der Waals surface area (Å²) in [4.78, 5) is 0. The van der Waals surface area contributed by atoms with E-state index in [0.29, 0.717) is 12.8 Å². The molecule has 1 heterocycles. The quantitative estimate of drug-likeness (QED) is 0.593. The molecule has 2 fully saturated rings. The Morgan fingerprint density at radius 1 is 0.909 bits per heavy atom. The second-order valence-electron chi connectivity index (χ2n) is 9.55. The predicted octanol–water partition coefficient (Wildman–Crippen LogP) is 6.12. The highest BCUT2D eigenvalue weighted by Gasteiger charge is 2.64. The Balaban J connectivity index is 1.86. The molecule has 1 nitrogen and oxygen atoms in total. The average Bonchev–Trinajstić information content (AvgIpc) is 2.92. The second kappa shape index (κ2) is 5.68. The molecular weight excluding hydrogens is 289 g/mol. The van der Waals surface area contributed by atoms with E-state index in [2.05, 4.69) is 20.8 Å². The van der Waals surface area contributed by atoms with Gasteiger partial charge in [0.15, 0.2) is 0 Å². The first-order valence-corrected chi connectivity index (χ1v) is 8.54. The van der Waals surface area contributed by atoms with E-state index in [1.807, 2.05) is 13.8 Å². The summed E-state index contributed by atoms with van der Waals surface area (Å²) in [5.74, 6) is 0. The Labute approximate surface area is 133 Å². The summed E-state index contributed by atoms with van der Waals surface area (Å²) in [6, 6.07) is 0. The maximum atomic E-state index is 13.2. The standard InChI is InChI=1S/C18H31F3O/c1-15(2,3)10-13-6-7-14(22-13)11-16(4,5)12-17(8-9-17)18(19,20)21/h13-14H,6-12H2,1-5H3. The van der Waals surface area contributed by atoms with Gasteiger partial charge in [0, 0.05) is 0 Å². The van der Waals surface area contributed by atoms with Gasteiger partial charge < -0.3 is 4.74 Å². The first-order chi connectivity index (χ1) is 9.82. The lowest BCUT2D eigenvalue weighted by molar-refractivity contribution is -0.196. The van der Waals surface area contributed by atoms with Crippen LogP contribution >= 0.6 is 0 Å². The maximum Gasteiger partial charge on any atom is 0.394 e. The van der Waals surface area contributed by atoms with Crippen molar-refractivity contribution in [3.05, 3.63) is 0 Å². The Morgan fingerprint density at radius 3 is 1.82 bits per heavy atom. The minimum atomic E-state index is -4.05. The molecule has 1 saturated carbocycles. The van der Waals surface area contributed by atoms with Crippen LogP contribution < -0.4 is 0 Å². The minimum Gasteiger partial charge on any atom is -0.375 e. The molecule has 130 valence electrons. The number of hydrogen-bond donors (Lipinski definition) is 0. The molecule has 1 aliphatic carbocycles. The van der Waals surface area contributed by atoms with E-state index in [1.165, 1.54) is 0 Å². The van der Waals surface area contributed by atoms with Crippen molar-refractivity contribution in [2.24, 2.45) is 16.2 Å². The van der Waals surface area contributed by atoms with E-state index in [-0.39, 0.29) is 29.5 Å². The van der Waals surface area contributed by atoms with Crippen molar-refractivity contribution in [3.8, 4) is 0 Å². The molecule has 0 N–H and O–H groups in total. The smallest absolute Gasteiger partial charge is 0.375 e. The minimum absolute atomic E-state index is 0.131. The van der Waals surface area contributed by atoms with Gasteiger partial charge in [-0.1, -0.05) is 34.6 Å². The largest absolute Gasteiger partial charge is 0.394 e. The first-order valence-electron chi connectivity index (χ1n) is 8.54. The van der Waals surface area contributed by atoms with Crippen molar-refractivity contribution in [2.75, 3.05) is 0 Å². The monoisotopic (exact) mass is 320 g/mol. The molecule has 2 rings (SSSR count). The Kier molecular flexibility index (Phi) is 4.67. The maximum absolute atomic E-state index is 13.2. The zero-order valence-corrected chi connectivity index (χ0v) is 14.6. The molecule has 0 radical (unpaired) electrons. The van der Waals surface area contributed by atoms with Crippen molar-refractivity contribution < 1.29 is 17.9 Å². The topological polar surface area (TPSA) is 9.23 Å². The first kappa shape index (κ1) is 18.1. The fourth-order valence-electron chi connectivity index (χ4n) is 4.08. The molecule has 2 unspecified atom stereocenters. The highest BCUT2D eigenvalue weighted by atomic mass is 19.4. The lowest BCUT2D eigenvalue weighted by Crippen LogP contribution is -2.32. The number of hydrogen-bond acceptors (Lipinski definition) is 1. The molecular formula is C18H31F3O. The van der Waals surface area contributed by atoms with Crippen LogP contribution in [0.3, 0.4) is 0 Å². The second-order valence-corrected chi connectivity index (χ2v) is 9.55. The fourth-order valence-corrected chi connectivity index (χ4v) is 4.08. The van der Waals surface area contributed by atoms with E-state index in [1.54, 1.807) is 0 Å². The van der Waals surface area contributed by atoms with Crippen LogP contribution in [0.5, 0.6) is 0 Å². The summed E-state index contributed by atoms with van der Waals surface area (Å²) in [5.41, 5.74) is -1.48. The third kappa shape index (κ3) is 4.62. The summed E-state index contributed by atoms with van der Waals surface area (Å²) in [7, 11) is 0. The van der Waals surface area contributed by atoms with Crippen molar-refractivity contribution in [1.29, 1.82) is 0 Å². The molecule has 4 heteroatoms. The van der Waals surface area contributed by atoms with Crippen LogP contribution in [0.2, 0.25) is 0 Å². The van der Waals surface area contributed by atoms with Crippen LogP contribution in [0.15, 0.2) is 0 Å². The molecule has 0 aromatic heterocycles. The van der Waals surface area contributed by atoms with Crippen LogP contribution in [0.1, 0.15) is 79.6 Å². The lowest BCUT2D eigenvalue weighted by atomic mass is 9.76. The van der Waals surface area contributed by atoms with Gasteiger partial charge in [-0.3, -0.25) is 0 Å². The Morgan fingerprint density at radius 2 is 1.41 bits per heavy atom. The zero-order chi connectivity index (χ0) is 16.8. The van der Waals surface area contributed by atoms with Crippen LogP contribution in [-0.2, 0) is 4.74 Å². The normalized spacial score (nSPS) is 28.9. The third-order valence-electron chi connectivity index (χ3n) is 5.09. The van der Waals surface area contributed by atoms with Crippen molar-refractivity contribution >= 4 is 0 Å². The van der Waals surface area contributed by atoms with Gasteiger partial charge in [0.25, 0.3) is 0 Å². The highest BCUT2D eigenvalue weighted by molar-refractivity contribution is 5.02. The zero-order valence-electron chi connectivity index (χ0n) is 14.6. The average molecular weight is 320 g/mol. The van der Waals surface area contributed by atoms with E-state index in [4.69, 9.17) is 4.74 Å². The van der Waals surface area contributed by atoms with Crippen molar-refractivity contribution in [3.63, 3.8) is 0 Å². The number of ether oxygens (including phenoxy) is 1. The van der Waals surface area contributed by atoms with Gasteiger partial charge in [0.1, 0.15) is 0 Å². The van der Waals surface area contributed by atoms with Gasteiger partial charge in [0.2, 0.25) is 0 Å². The predicted molar refractivity (Wildman–Crippen MR) is 82.7 cm³/mol. The summed E-state index contributed by atoms with van der Waals surface area (Å²) in [5, 5.41) is 0. The van der Waals surface area contributed by atoms with Crippen LogP contribution in [0, 0.1) is 16.2 Å². The molecule has 0 bridgehead atoms. The summed E-state index contributed by atoms with van der Waals surface area (Å²) in [6.45, 7) is 10.5. The van der Waals surface area contributed by atoms with Crippen molar-refractivity contribution in [1.82, 2.24) is 0 Å². The van der Waals surface area contributed by atoms with Gasteiger partial charge in [-0.2, -0.15) is 13.2 Å². The summed E-state index contributed by atoms with van der Waals surface area (Å²) in [6.07, 6.45) is 1.01. The molecule has 1 aliphatic heterocycles. The molecule has 2 aliphatic rings.